The summed E-state index contributed by atoms with van der Waals surface area (Å²) < 4.78 is 6.78. The lowest BCUT2D eigenvalue weighted by atomic mass is 9.67. The molecule has 1 aliphatic rings. The molecule has 8 rings (SSSR count). The number of rotatable bonds is 3. The van der Waals surface area contributed by atoms with E-state index in [1.807, 2.05) is 18.2 Å². The highest BCUT2D eigenvalue weighted by Crippen LogP contribution is 2.59. The van der Waals surface area contributed by atoms with Crippen LogP contribution in [0.4, 0.5) is 0 Å². The van der Waals surface area contributed by atoms with Crippen LogP contribution in [0.3, 0.4) is 0 Å². The van der Waals surface area contributed by atoms with Gasteiger partial charge >= 0.3 is 0 Å². The van der Waals surface area contributed by atoms with Crippen LogP contribution in [0.1, 0.15) is 22.3 Å². The highest BCUT2D eigenvalue weighted by atomic mass is 35.5. The number of furan rings is 1. The molecule has 7 aromatic rings. The van der Waals surface area contributed by atoms with Crippen molar-refractivity contribution in [2.24, 2.45) is 0 Å². The van der Waals surface area contributed by atoms with Crippen molar-refractivity contribution < 1.29 is 4.42 Å². The molecule has 0 bridgehead atoms. The monoisotopic (exact) mass is 518 g/mol. The molecule has 1 aliphatic carbocycles. The first kappa shape index (κ1) is 22.4. The van der Waals surface area contributed by atoms with Crippen LogP contribution in [-0.2, 0) is 5.41 Å². The first-order valence-electron chi connectivity index (χ1n) is 13.2. The van der Waals surface area contributed by atoms with Gasteiger partial charge in [-0.3, -0.25) is 0 Å². The topological polar surface area (TPSA) is 13.1 Å². The second-order valence-electron chi connectivity index (χ2n) is 10.2. The van der Waals surface area contributed by atoms with Crippen LogP contribution < -0.4 is 0 Å². The molecule has 0 atom stereocenters. The van der Waals surface area contributed by atoms with Gasteiger partial charge in [0.05, 0.1) is 5.41 Å². The summed E-state index contributed by atoms with van der Waals surface area (Å²) in [6.07, 6.45) is 0. The smallest absolute Gasteiger partial charge is 0.144 e. The van der Waals surface area contributed by atoms with Crippen molar-refractivity contribution in [3.8, 4) is 22.3 Å². The highest BCUT2D eigenvalue weighted by Gasteiger charge is 2.47. The molecule has 2 heteroatoms. The van der Waals surface area contributed by atoms with Gasteiger partial charge in [-0.2, -0.15) is 0 Å². The fourth-order valence-electron chi connectivity index (χ4n) is 6.66. The molecule has 0 N–H and O–H groups in total. The summed E-state index contributed by atoms with van der Waals surface area (Å²) in [5, 5.41) is 2.98. The van der Waals surface area contributed by atoms with Crippen molar-refractivity contribution in [2.45, 2.75) is 5.41 Å². The van der Waals surface area contributed by atoms with E-state index in [0.29, 0.717) is 0 Å². The molecule has 0 fully saturated rings. The molecule has 0 saturated heterocycles. The Hall–Kier alpha value is -4.59. The fraction of sp³-hybridized carbons (Fsp3) is 0.0270. The van der Waals surface area contributed by atoms with Crippen molar-refractivity contribution in [3.63, 3.8) is 0 Å². The Bertz CT molecular complexity index is 1960. The summed E-state index contributed by atoms with van der Waals surface area (Å²) in [7, 11) is 0. The Balaban J connectivity index is 1.62. The van der Waals surface area contributed by atoms with Gasteiger partial charge in [0.25, 0.3) is 0 Å². The third-order valence-corrected chi connectivity index (χ3v) is 8.48. The maximum Gasteiger partial charge on any atom is 0.144 e. The van der Waals surface area contributed by atoms with Gasteiger partial charge in [0, 0.05) is 21.4 Å². The van der Waals surface area contributed by atoms with E-state index >= 15 is 0 Å². The number of para-hydroxylation sites is 1. The van der Waals surface area contributed by atoms with Crippen LogP contribution in [0.5, 0.6) is 0 Å². The normalized spacial score (nSPS) is 13.5. The Morgan fingerprint density at radius 3 is 1.87 bits per heavy atom. The predicted octanol–water partition coefficient (Wildman–Crippen LogP) is 10.3. The van der Waals surface area contributed by atoms with Gasteiger partial charge in [-0.25, -0.2) is 0 Å². The van der Waals surface area contributed by atoms with Crippen molar-refractivity contribution in [1.82, 2.24) is 0 Å². The van der Waals surface area contributed by atoms with Crippen LogP contribution in [0.2, 0.25) is 5.02 Å². The zero-order valence-corrected chi connectivity index (χ0v) is 21.8. The second kappa shape index (κ2) is 8.46. The molecule has 1 heterocycles. The predicted molar refractivity (Wildman–Crippen MR) is 161 cm³/mol. The Morgan fingerprint density at radius 1 is 0.538 bits per heavy atom. The average Bonchev–Trinajstić information content (AvgIpc) is 3.52. The van der Waals surface area contributed by atoms with Crippen molar-refractivity contribution in [3.05, 3.63) is 167 Å². The molecular formula is C37H23ClO. The van der Waals surface area contributed by atoms with Gasteiger partial charge in [-0.15, -0.1) is 0 Å². The number of fused-ring (bicyclic) bond motifs is 7. The molecule has 39 heavy (non-hydrogen) atoms. The first-order valence-corrected chi connectivity index (χ1v) is 13.6. The highest BCUT2D eigenvalue weighted by molar-refractivity contribution is 6.30. The lowest BCUT2D eigenvalue weighted by Crippen LogP contribution is -2.28. The van der Waals surface area contributed by atoms with Gasteiger partial charge in [0.2, 0.25) is 0 Å². The molecule has 1 nitrogen and oxygen atoms in total. The number of halogens is 1. The maximum atomic E-state index is 6.78. The van der Waals surface area contributed by atoms with Gasteiger partial charge in [0.1, 0.15) is 11.2 Å². The average molecular weight is 519 g/mol. The maximum absolute atomic E-state index is 6.78. The molecule has 0 unspecified atom stereocenters. The van der Waals surface area contributed by atoms with Gasteiger partial charge in [0.15, 0.2) is 0 Å². The van der Waals surface area contributed by atoms with Crippen molar-refractivity contribution in [2.75, 3.05) is 0 Å². The van der Waals surface area contributed by atoms with Crippen LogP contribution in [0.15, 0.2) is 144 Å². The lowest BCUT2D eigenvalue weighted by molar-refractivity contribution is 0.669. The second-order valence-corrected chi connectivity index (χ2v) is 10.6. The zero-order chi connectivity index (χ0) is 26.0. The Labute approximate surface area is 231 Å². The standard InChI is InChI=1S/C37H23ClO/c38-27-21-19-24(20-22-27)30-23-32-35(36-34(30)29-16-8-10-18-33(29)39-36)28-15-7-9-17-31(28)37(32,25-11-3-1-4-12-25)26-13-5-2-6-14-26/h1-23H. The number of hydrogen-bond acceptors (Lipinski definition) is 1. The zero-order valence-electron chi connectivity index (χ0n) is 21.1. The largest absolute Gasteiger partial charge is 0.455 e. The summed E-state index contributed by atoms with van der Waals surface area (Å²) in [6, 6.07) is 49.5. The quantitative estimate of drug-likeness (QED) is 0.227. The van der Waals surface area contributed by atoms with E-state index in [2.05, 4.69) is 121 Å². The first-order chi connectivity index (χ1) is 19.3. The van der Waals surface area contributed by atoms with E-state index in [9.17, 15) is 0 Å². The molecule has 0 radical (unpaired) electrons. The van der Waals surface area contributed by atoms with E-state index < -0.39 is 5.41 Å². The number of hydrogen-bond donors (Lipinski definition) is 0. The Kier molecular flexibility index (Phi) is 4.86. The SMILES string of the molecule is Clc1ccc(-c2cc3c(c4oc5ccccc5c24)-c2ccccc2C3(c2ccccc2)c2ccccc2)cc1. The van der Waals surface area contributed by atoms with Crippen molar-refractivity contribution in [1.29, 1.82) is 0 Å². The van der Waals surface area contributed by atoms with Crippen LogP contribution in [-0.4, -0.2) is 0 Å². The summed E-state index contributed by atoms with van der Waals surface area (Å²) in [6.45, 7) is 0. The third-order valence-electron chi connectivity index (χ3n) is 8.22. The van der Waals surface area contributed by atoms with Crippen LogP contribution >= 0.6 is 11.6 Å². The minimum absolute atomic E-state index is 0.497. The summed E-state index contributed by atoms with van der Waals surface area (Å²) >= 11 is 6.33. The van der Waals surface area contributed by atoms with E-state index in [4.69, 9.17) is 16.0 Å². The fourth-order valence-corrected chi connectivity index (χ4v) is 6.78. The molecule has 6 aromatic carbocycles. The molecule has 0 aliphatic heterocycles. The number of benzene rings is 6. The third kappa shape index (κ3) is 3.08. The lowest BCUT2D eigenvalue weighted by Gasteiger charge is -2.34. The minimum Gasteiger partial charge on any atom is -0.455 e. The van der Waals surface area contributed by atoms with Gasteiger partial charge in [-0.1, -0.05) is 127 Å². The van der Waals surface area contributed by atoms with Crippen LogP contribution in [0.25, 0.3) is 44.2 Å². The van der Waals surface area contributed by atoms with E-state index in [1.165, 1.54) is 33.4 Å². The molecule has 0 spiro atoms. The van der Waals surface area contributed by atoms with E-state index in [1.54, 1.807) is 0 Å². The molecular weight excluding hydrogens is 496 g/mol. The summed E-state index contributed by atoms with van der Waals surface area (Å²) in [4.78, 5) is 0. The molecule has 1 aromatic heterocycles. The van der Waals surface area contributed by atoms with Crippen LogP contribution in [0, 0.1) is 0 Å². The molecule has 184 valence electrons. The van der Waals surface area contributed by atoms with E-state index in [-0.39, 0.29) is 0 Å². The van der Waals surface area contributed by atoms with Crippen molar-refractivity contribution >= 4 is 33.5 Å². The van der Waals surface area contributed by atoms with E-state index in [0.717, 1.165) is 38.1 Å². The molecule has 0 amide bonds. The summed E-state index contributed by atoms with van der Waals surface area (Å²) in [5.41, 5.74) is 11.0. The molecule has 0 saturated carbocycles. The van der Waals surface area contributed by atoms with Gasteiger partial charge in [-0.05, 0) is 63.2 Å². The Morgan fingerprint density at radius 2 is 1.15 bits per heavy atom. The van der Waals surface area contributed by atoms with Gasteiger partial charge < -0.3 is 4.42 Å². The minimum atomic E-state index is -0.497. The summed E-state index contributed by atoms with van der Waals surface area (Å²) in [5.74, 6) is 0.